The molecule has 0 radical (unpaired) electrons. The minimum Gasteiger partial charge on any atom is -0.489 e. The second kappa shape index (κ2) is 8.74. The number of rotatable bonds is 7. The molecule has 0 saturated carbocycles. The van der Waals surface area contributed by atoms with Crippen LogP contribution in [-0.2, 0) is 6.61 Å². The fourth-order valence-corrected chi connectivity index (χ4v) is 3.03. The number of hydrogen-bond donors (Lipinski definition) is 1. The quantitative estimate of drug-likeness (QED) is 0.624. The molecule has 0 unspecified atom stereocenters. The summed E-state index contributed by atoms with van der Waals surface area (Å²) in [6.45, 7) is 8.26. The van der Waals surface area contributed by atoms with Gasteiger partial charge in [-0.15, -0.1) is 0 Å². The first-order valence-corrected chi connectivity index (χ1v) is 9.50. The second-order valence-corrected chi connectivity index (χ2v) is 6.96. The third-order valence-electron chi connectivity index (χ3n) is 4.87. The van der Waals surface area contributed by atoms with Crippen molar-refractivity contribution in [2.45, 2.75) is 46.8 Å². The van der Waals surface area contributed by atoms with Crippen LogP contribution in [0, 0.1) is 20.8 Å². The Morgan fingerprint density at radius 2 is 1.75 bits per heavy atom. The van der Waals surface area contributed by atoms with Gasteiger partial charge in [0.2, 0.25) is 0 Å². The number of aryl methyl sites for hydroxylation is 3. The summed E-state index contributed by atoms with van der Waals surface area (Å²) < 4.78 is 10.9. The maximum absolute atomic E-state index is 12.6. The molecule has 0 bridgehead atoms. The van der Waals surface area contributed by atoms with E-state index in [4.69, 9.17) is 9.26 Å². The molecule has 0 aliphatic carbocycles. The molecule has 2 aromatic carbocycles. The highest BCUT2D eigenvalue weighted by Gasteiger charge is 2.14. The van der Waals surface area contributed by atoms with Gasteiger partial charge in [-0.05, 0) is 57.0 Å². The van der Waals surface area contributed by atoms with E-state index in [0.29, 0.717) is 17.9 Å². The molecule has 5 heteroatoms. The summed E-state index contributed by atoms with van der Waals surface area (Å²) in [6.07, 6.45) is 0.827. The van der Waals surface area contributed by atoms with Crippen molar-refractivity contribution in [3.05, 3.63) is 82.2 Å². The maximum atomic E-state index is 12.6. The number of hydrogen-bond acceptors (Lipinski definition) is 4. The first-order chi connectivity index (χ1) is 13.5. The van der Waals surface area contributed by atoms with Gasteiger partial charge in [0.1, 0.15) is 18.1 Å². The van der Waals surface area contributed by atoms with Crippen LogP contribution in [-0.4, -0.2) is 11.1 Å². The average Bonchev–Trinajstić information content (AvgIpc) is 3.03. The van der Waals surface area contributed by atoms with Gasteiger partial charge in [0.15, 0.2) is 0 Å². The van der Waals surface area contributed by atoms with Crippen molar-refractivity contribution >= 4 is 5.91 Å². The Hall–Kier alpha value is -3.08. The highest BCUT2D eigenvalue weighted by Crippen LogP contribution is 2.20. The van der Waals surface area contributed by atoms with Gasteiger partial charge in [0.05, 0.1) is 17.3 Å². The minimum atomic E-state index is -0.0929. The molecule has 0 fully saturated rings. The first kappa shape index (κ1) is 19.7. The van der Waals surface area contributed by atoms with E-state index in [9.17, 15) is 4.79 Å². The standard InChI is InChI=1S/C23H26N2O3/c1-5-22(18-8-6-15(2)7-9-18)24-23(26)19-10-12-20(13-11-19)27-14-21-16(3)25-28-17(21)4/h6-13,22H,5,14H2,1-4H3,(H,24,26)/t22-/m1/s1. The van der Waals surface area contributed by atoms with Crippen LogP contribution in [0.2, 0.25) is 0 Å². The number of nitrogens with zero attached hydrogens (tertiary/aromatic N) is 1. The molecule has 1 aromatic heterocycles. The van der Waals surface area contributed by atoms with E-state index < -0.39 is 0 Å². The molecule has 0 spiro atoms. The molecule has 0 saturated heterocycles. The molecular formula is C23H26N2O3. The molecule has 1 heterocycles. The van der Waals surface area contributed by atoms with Crippen LogP contribution in [0.15, 0.2) is 53.1 Å². The van der Waals surface area contributed by atoms with E-state index in [1.807, 2.05) is 13.8 Å². The smallest absolute Gasteiger partial charge is 0.251 e. The van der Waals surface area contributed by atoms with E-state index in [2.05, 4.69) is 48.6 Å². The van der Waals surface area contributed by atoms with E-state index in [1.165, 1.54) is 5.56 Å². The zero-order valence-electron chi connectivity index (χ0n) is 16.8. The zero-order valence-corrected chi connectivity index (χ0v) is 16.8. The number of amides is 1. The third-order valence-corrected chi connectivity index (χ3v) is 4.87. The SMILES string of the molecule is CC[C@@H](NC(=O)c1ccc(OCc2c(C)noc2C)cc1)c1ccc(C)cc1. The van der Waals surface area contributed by atoms with Gasteiger partial charge >= 0.3 is 0 Å². The predicted molar refractivity (Wildman–Crippen MR) is 108 cm³/mol. The van der Waals surface area contributed by atoms with Crippen LogP contribution < -0.4 is 10.1 Å². The van der Waals surface area contributed by atoms with Crippen LogP contribution >= 0.6 is 0 Å². The van der Waals surface area contributed by atoms with Crippen molar-refractivity contribution < 1.29 is 14.1 Å². The number of aromatic nitrogens is 1. The summed E-state index contributed by atoms with van der Waals surface area (Å²) in [7, 11) is 0. The first-order valence-electron chi connectivity index (χ1n) is 9.50. The minimum absolute atomic E-state index is 0.0106. The van der Waals surface area contributed by atoms with E-state index in [-0.39, 0.29) is 11.9 Å². The lowest BCUT2D eigenvalue weighted by Crippen LogP contribution is -2.28. The number of nitrogens with one attached hydrogen (secondary N) is 1. The lowest BCUT2D eigenvalue weighted by atomic mass is 10.0. The normalized spacial score (nSPS) is 11.9. The summed E-state index contributed by atoms with van der Waals surface area (Å²) in [5.74, 6) is 1.36. The Labute approximate surface area is 165 Å². The van der Waals surface area contributed by atoms with Gasteiger partial charge in [-0.2, -0.15) is 0 Å². The van der Waals surface area contributed by atoms with Crippen LogP contribution in [0.1, 0.15) is 57.9 Å². The Morgan fingerprint density at radius 3 is 2.32 bits per heavy atom. The van der Waals surface area contributed by atoms with E-state index in [0.717, 1.165) is 29.0 Å². The number of ether oxygens (including phenoxy) is 1. The highest BCUT2D eigenvalue weighted by molar-refractivity contribution is 5.94. The van der Waals surface area contributed by atoms with Crippen molar-refractivity contribution in [3.8, 4) is 5.75 Å². The largest absolute Gasteiger partial charge is 0.489 e. The molecule has 3 aromatic rings. The van der Waals surface area contributed by atoms with Crippen molar-refractivity contribution in [2.24, 2.45) is 0 Å². The van der Waals surface area contributed by atoms with E-state index >= 15 is 0 Å². The fraction of sp³-hybridized carbons (Fsp3) is 0.304. The molecule has 1 N–H and O–H groups in total. The average molecular weight is 378 g/mol. The van der Waals surface area contributed by atoms with Crippen molar-refractivity contribution in [3.63, 3.8) is 0 Å². The monoisotopic (exact) mass is 378 g/mol. The maximum Gasteiger partial charge on any atom is 0.251 e. The van der Waals surface area contributed by atoms with Crippen LogP contribution in [0.3, 0.4) is 0 Å². The summed E-state index contributed by atoms with van der Waals surface area (Å²) in [6, 6.07) is 15.4. The van der Waals surface area contributed by atoms with Gasteiger partial charge in [0, 0.05) is 5.56 Å². The molecule has 1 amide bonds. The molecule has 28 heavy (non-hydrogen) atoms. The Bertz CT molecular complexity index is 908. The van der Waals surface area contributed by atoms with E-state index in [1.54, 1.807) is 24.3 Å². The highest BCUT2D eigenvalue weighted by atomic mass is 16.5. The summed E-state index contributed by atoms with van der Waals surface area (Å²) in [5.41, 5.74) is 4.70. The van der Waals surface area contributed by atoms with Crippen LogP contribution in [0.25, 0.3) is 0 Å². The molecule has 0 aliphatic rings. The topological polar surface area (TPSA) is 64.4 Å². The van der Waals surface area contributed by atoms with Gasteiger partial charge in [0.25, 0.3) is 5.91 Å². The molecule has 0 aliphatic heterocycles. The summed E-state index contributed by atoms with van der Waals surface area (Å²) >= 11 is 0. The number of carbonyl (C=O) groups is 1. The number of benzene rings is 2. The van der Waals surface area contributed by atoms with Gasteiger partial charge < -0.3 is 14.6 Å². The lowest BCUT2D eigenvalue weighted by Gasteiger charge is -2.18. The van der Waals surface area contributed by atoms with Gasteiger partial charge in [-0.25, -0.2) is 0 Å². The van der Waals surface area contributed by atoms with Crippen molar-refractivity contribution in [2.75, 3.05) is 0 Å². The third kappa shape index (κ3) is 4.60. The summed E-state index contributed by atoms with van der Waals surface area (Å²) in [4.78, 5) is 12.6. The number of carbonyl (C=O) groups excluding carboxylic acids is 1. The predicted octanol–water partition coefficient (Wildman–Crippen LogP) is 5.06. The molecule has 146 valence electrons. The zero-order chi connectivity index (χ0) is 20.1. The molecule has 5 nitrogen and oxygen atoms in total. The van der Waals surface area contributed by atoms with Gasteiger partial charge in [-0.3, -0.25) is 4.79 Å². The molecular weight excluding hydrogens is 352 g/mol. The summed E-state index contributed by atoms with van der Waals surface area (Å²) in [5, 5.41) is 7.03. The Balaban J connectivity index is 1.62. The lowest BCUT2D eigenvalue weighted by molar-refractivity contribution is 0.0935. The van der Waals surface area contributed by atoms with Gasteiger partial charge in [-0.1, -0.05) is 41.9 Å². The van der Waals surface area contributed by atoms with Crippen molar-refractivity contribution in [1.82, 2.24) is 10.5 Å². The van der Waals surface area contributed by atoms with Crippen LogP contribution in [0.5, 0.6) is 5.75 Å². The Kier molecular flexibility index (Phi) is 6.14. The van der Waals surface area contributed by atoms with Crippen molar-refractivity contribution in [1.29, 1.82) is 0 Å². The van der Waals surface area contributed by atoms with Crippen LogP contribution in [0.4, 0.5) is 0 Å². The molecule has 1 atom stereocenters. The second-order valence-electron chi connectivity index (χ2n) is 6.96. The fourth-order valence-electron chi connectivity index (χ4n) is 3.03. The Morgan fingerprint density at radius 1 is 1.07 bits per heavy atom. The molecule has 3 rings (SSSR count).